The van der Waals surface area contributed by atoms with Gasteiger partial charge in [-0.05, 0) is 24.3 Å². The lowest BCUT2D eigenvalue weighted by Gasteiger charge is -2.22. The van der Waals surface area contributed by atoms with Crippen molar-refractivity contribution in [3.8, 4) is 0 Å². The van der Waals surface area contributed by atoms with Crippen molar-refractivity contribution in [2.75, 3.05) is 0 Å². The van der Waals surface area contributed by atoms with Crippen LogP contribution in [0.15, 0.2) is 24.3 Å². The molecule has 3 nitrogen and oxygen atoms in total. The van der Waals surface area contributed by atoms with Crippen LogP contribution in [-0.4, -0.2) is 16.9 Å². The fourth-order valence-electron chi connectivity index (χ4n) is 2.26. The highest BCUT2D eigenvalue weighted by Crippen LogP contribution is 2.28. The van der Waals surface area contributed by atoms with Gasteiger partial charge in [0.2, 0.25) is 0 Å². The summed E-state index contributed by atoms with van der Waals surface area (Å²) >= 11 is 0. The van der Waals surface area contributed by atoms with E-state index in [4.69, 9.17) is 5.11 Å². The van der Waals surface area contributed by atoms with Crippen LogP contribution in [0.1, 0.15) is 35.2 Å². The van der Waals surface area contributed by atoms with Crippen molar-refractivity contribution in [3.05, 3.63) is 35.4 Å². The summed E-state index contributed by atoms with van der Waals surface area (Å²) in [5.41, 5.74) is 1.88. The maximum atomic E-state index is 11.8. The first-order valence-electron chi connectivity index (χ1n) is 5.49. The van der Waals surface area contributed by atoms with Gasteiger partial charge in [-0.25, -0.2) is 0 Å². The third-order valence-corrected chi connectivity index (χ3v) is 3.07. The molecule has 1 atom stereocenters. The second kappa shape index (κ2) is 4.47. The van der Waals surface area contributed by atoms with Gasteiger partial charge in [-0.2, -0.15) is 0 Å². The van der Waals surface area contributed by atoms with Crippen molar-refractivity contribution in [1.82, 2.24) is 0 Å². The number of carbonyl (C=O) groups is 2. The van der Waals surface area contributed by atoms with Crippen LogP contribution >= 0.6 is 0 Å². The summed E-state index contributed by atoms with van der Waals surface area (Å²) in [7, 11) is 0. The highest BCUT2D eigenvalue weighted by Gasteiger charge is 2.24. The number of carboxylic acids is 1. The summed E-state index contributed by atoms with van der Waals surface area (Å²) in [6.45, 7) is 0. The first-order valence-corrected chi connectivity index (χ1v) is 5.49. The van der Waals surface area contributed by atoms with Crippen molar-refractivity contribution in [3.63, 3.8) is 0 Å². The highest BCUT2D eigenvalue weighted by atomic mass is 16.4. The Balaban J connectivity index is 2.09. The van der Waals surface area contributed by atoms with Crippen molar-refractivity contribution in [2.24, 2.45) is 5.92 Å². The Labute approximate surface area is 94.1 Å². The molecule has 2 rings (SSSR count). The molecule has 1 aliphatic carbocycles. The van der Waals surface area contributed by atoms with E-state index in [1.54, 1.807) is 0 Å². The maximum absolute atomic E-state index is 11.8. The average molecular weight is 218 g/mol. The van der Waals surface area contributed by atoms with E-state index in [0.29, 0.717) is 12.8 Å². The van der Waals surface area contributed by atoms with Crippen LogP contribution in [0.2, 0.25) is 0 Å². The number of ketones is 1. The quantitative estimate of drug-likeness (QED) is 0.846. The van der Waals surface area contributed by atoms with Crippen LogP contribution in [0.3, 0.4) is 0 Å². The standard InChI is InChI=1S/C13H14O3/c14-12-8-9(5-6-13(15)16)7-10-3-1-2-4-11(10)12/h1-4,9H,5-8H2,(H,15,16)/t9-/m0/s1. The summed E-state index contributed by atoms with van der Waals surface area (Å²) in [6.07, 6.45) is 2.06. The number of hydrogen-bond acceptors (Lipinski definition) is 2. The molecular weight excluding hydrogens is 204 g/mol. The highest BCUT2D eigenvalue weighted by molar-refractivity contribution is 5.98. The molecule has 1 N–H and O–H groups in total. The lowest BCUT2D eigenvalue weighted by molar-refractivity contribution is -0.137. The van der Waals surface area contributed by atoms with E-state index in [9.17, 15) is 9.59 Å². The number of rotatable bonds is 3. The Morgan fingerprint density at radius 1 is 1.31 bits per heavy atom. The van der Waals surface area contributed by atoms with Gasteiger partial charge in [0.1, 0.15) is 0 Å². The third-order valence-electron chi connectivity index (χ3n) is 3.07. The van der Waals surface area contributed by atoms with E-state index in [1.165, 1.54) is 0 Å². The molecule has 3 heteroatoms. The minimum absolute atomic E-state index is 0.150. The molecule has 0 spiro atoms. The molecule has 84 valence electrons. The predicted molar refractivity (Wildman–Crippen MR) is 59.5 cm³/mol. The van der Waals surface area contributed by atoms with E-state index in [1.807, 2.05) is 24.3 Å². The Hall–Kier alpha value is -1.64. The van der Waals surface area contributed by atoms with Crippen molar-refractivity contribution < 1.29 is 14.7 Å². The van der Waals surface area contributed by atoms with E-state index in [2.05, 4.69) is 0 Å². The molecule has 16 heavy (non-hydrogen) atoms. The Morgan fingerprint density at radius 3 is 2.81 bits per heavy atom. The molecule has 1 aromatic rings. The fraction of sp³-hybridized carbons (Fsp3) is 0.385. The van der Waals surface area contributed by atoms with Gasteiger partial charge in [-0.1, -0.05) is 24.3 Å². The molecule has 0 saturated carbocycles. The van der Waals surface area contributed by atoms with Crippen molar-refractivity contribution in [1.29, 1.82) is 0 Å². The zero-order valence-electron chi connectivity index (χ0n) is 8.98. The van der Waals surface area contributed by atoms with Gasteiger partial charge < -0.3 is 5.11 Å². The molecule has 0 aromatic heterocycles. The molecule has 1 aliphatic rings. The minimum Gasteiger partial charge on any atom is -0.481 e. The summed E-state index contributed by atoms with van der Waals surface area (Å²) in [6, 6.07) is 7.60. The third kappa shape index (κ3) is 2.30. The minimum atomic E-state index is -0.786. The summed E-state index contributed by atoms with van der Waals surface area (Å²) in [5.74, 6) is -0.443. The van der Waals surface area contributed by atoms with E-state index in [-0.39, 0.29) is 18.1 Å². The molecule has 0 amide bonds. The Morgan fingerprint density at radius 2 is 2.06 bits per heavy atom. The fourth-order valence-corrected chi connectivity index (χ4v) is 2.26. The predicted octanol–water partition coefficient (Wildman–Crippen LogP) is 2.30. The van der Waals surface area contributed by atoms with Gasteiger partial charge >= 0.3 is 5.97 Å². The molecule has 0 heterocycles. The SMILES string of the molecule is O=C(O)CC[C@@H]1CC(=O)c2ccccc2C1. The van der Waals surface area contributed by atoms with E-state index >= 15 is 0 Å². The molecule has 0 unspecified atom stereocenters. The molecule has 0 saturated heterocycles. The normalized spacial score (nSPS) is 19.2. The van der Waals surface area contributed by atoms with E-state index < -0.39 is 5.97 Å². The zero-order chi connectivity index (χ0) is 11.5. The van der Waals surface area contributed by atoms with Gasteiger partial charge in [-0.3, -0.25) is 9.59 Å². The Bertz CT molecular complexity index is 423. The van der Waals surface area contributed by atoms with Crippen molar-refractivity contribution in [2.45, 2.75) is 25.7 Å². The molecule has 1 aromatic carbocycles. The lowest BCUT2D eigenvalue weighted by atomic mass is 9.81. The molecule has 0 radical (unpaired) electrons. The van der Waals surface area contributed by atoms with Crippen LogP contribution in [0.4, 0.5) is 0 Å². The molecule has 0 bridgehead atoms. The molecule has 0 fully saturated rings. The first-order chi connectivity index (χ1) is 7.66. The average Bonchev–Trinajstić information content (AvgIpc) is 2.26. The van der Waals surface area contributed by atoms with Gasteiger partial charge in [-0.15, -0.1) is 0 Å². The van der Waals surface area contributed by atoms with Crippen LogP contribution in [-0.2, 0) is 11.2 Å². The van der Waals surface area contributed by atoms with E-state index in [0.717, 1.165) is 17.5 Å². The van der Waals surface area contributed by atoms with Gasteiger partial charge in [0.15, 0.2) is 5.78 Å². The number of Topliss-reactive ketones (excluding diaryl/α,β-unsaturated/α-hetero) is 1. The van der Waals surface area contributed by atoms with Gasteiger partial charge in [0.05, 0.1) is 0 Å². The first kappa shape index (κ1) is 10.9. The number of carbonyl (C=O) groups excluding carboxylic acids is 1. The summed E-state index contributed by atoms with van der Waals surface area (Å²) in [4.78, 5) is 22.3. The topological polar surface area (TPSA) is 54.4 Å². The number of carboxylic acid groups (broad SMARTS) is 1. The number of fused-ring (bicyclic) bond motifs is 1. The van der Waals surface area contributed by atoms with Crippen LogP contribution in [0, 0.1) is 5.92 Å². The zero-order valence-corrected chi connectivity index (χ0v) is 8.98. The van der Waals surface area contributed by atoms with Gasteiger partial charge in [0.25, 0.3) is 0 Å². The number of benzene rings is 1. The summed E-state index contributed by atoms with van der Waals surface area (Å²) in [5, 5.41) is 8.62. The number of hydrogen-bond donors (Lipinski definition) is 1. The second-order valence-corrected chi connectivity index (χ2v) is 4.29. The lowest BCUT2D eigenvalue weighted by Crippen LogP contribution is -2.20. The molecular formula is C13H14O3. The van der Waals surface area contributed by atoms with Crippen LogP contribution in [0.5, 0.6) is 0 Å². The second-order valence-electron chi connectivity index (χ2n) is 4.29. The van der Waals surface area contributed by atoms with Crippen LogP contribution < -0.4 is 0 Å². The number of aliphatic carboxylic acids is 1. The van der Waals surface area contributed by atoms with Crippen LogP contribution in [0.25, 0.3) is 0 Å². The largest absolute Gasteiger partial charge is 0.481 e. The Kier molecular flexibility index (Phi) is 3.04. The smallest absolute Gasteiger partial charge is 0.303 e. The van der Waals surface area contributed by atoms with Gasteiger partial charge in [0, 0.05) is 18.4 Å². The maximum Gasteiger partial charge on any atom is 0.303 e. The molecule has 0 aliphatic heterocycles. The summed E-state index contributed by atoms with van der Waals surface area (Å²) < 4.78 is 0. The van der Waals surface area contributed by atoms with Crippen molar-refractivity contribution >= 4 is 11.8 Å². The monoisotopic (exact) mass is 218 g/mol.